The Hall–Kier alpha value is -1.48. The first-order valence-electron chi connectivity index (χ1n) is 8.12. The number of nitrogens with zero attached hydrogens (tertiary/aromatic N) is 2. The lowest BCUT2D eigenvalue weighted by atomic mass is 10.0. The van der Waals surface area contributed by atoms with E-state index in [0.29, 0.717) is 19.1 Å². The van der Waals surface area contributed by atoms with Crippen LogP contribution in [0.3, 0.4) is 0 Å². The monoisotopic (exact) mass is 470 g/mol. The number of para-hydroxylation sites is 1. The van der Waals surface area contributed by atoms with Gasteiger partial charge in [-0.3, -0.25) is 0 Å². The van der Waals surface area contributed by atoms with E-state index < -0.39 is 0 Å². The van der Waals surface area contributed by atoms with Crippen molar-refractivity contribution in [3.63, 3.8) is 0 Å². The second kappa shape index (κ2) is 9.86. The van der Waals surface area contributed by atoms with Crippen LogP contribution >= 0.6 is 35.7 Å². The normalized spacial score (nSPS) is 16.4. The summed E-state index contributed by atoms with van der Waals surface area (Å²) in [7, 11) is 0. The van der Waals surface area contributed by atoms with Crippen LogP contribution in [0.15, 0.2) is 52.6 Å². The number of aliphatic imine (C=N–C) groups is 1. The van der Waals surface area contributed by atoms with Gasteiger partial charge < -0.3 is 15.8 Å². The maximum atomic E-state index is 6.08. The summed E-state index contributed by atoms with van der Waals surface area (Å²) in [6, 6.07) is 12.2. The quantitative estimate of drug-likeness (QED) is 0.302. The summed E-state index contributed by atoms with van der Waals surface area (Å²) in [5.41, 5.74) is 8.32. The van der Waals surface area contributed by atoms with Crippen molar-refractivity contribution >= 4 is 41.7 Å². The first-order valence-corrected chi connectivity index (χ1v) is 9.10. The molecule has 5 nitrogen and oxygen atoms in total. The molecule has 1 unspecified atom stereocenters. The Balaban J connectivity index is 0.00000225. The molecule has 0 fully saturated rings. The van der Waals surface area contributed by atoms with Gasteiger partial charge >= 0.3 is 0 Å². The van der Waals surface area contributed by atoms with Crippen molar-refractivity contribution in [3.8, 4) is 5.75 Å². The standard InChI is InChI=1S/C18H22N4OS.HI/c1-2-24-17-11-13(7-9-20-17)12-21-18(19)22-15-8-10-23-16-6-4-3-5-14(15)16;/h3-7,9,11,15H,2,8,10,12H2,1H3,(H3,19,21,22);1H. The minimum atomic E-state index is 0. The Morgan fingerprint density at radius 2 is 2.24 bits per heavy atom. The summed E-state index contributed by atoms with van der Waals surface area (Å²) < 4.78 is 5.67. The first-order chi connectivity index (χ1) is 11.8. The number of thioether (sulfide) groups is 1. The number of nitrogens with two attached hydrogens (primary N) is 1. The summed E-state index contributed by atoms with van der Waals surface area (Å²) in [6.07, 6.45) is 2.70. The summed E-state index contributed by atoms with van der Waals surface area (Å²) in [5, 5.41) is 4.34. The highest BCUT2D eigenvalue weighted by Crippen LogP contribution is 2.31. The number of pyridine rings is 1. The lowest BCUT2D eigenvalue weighted by Gasteiger charge is -2.26. The van der Waals surface area contributed by atoms with Crippen molar-refractivity contribution in [2.45, 2.75) is 31.0 Å². The summed E-state index contributed by atoms with van der Waals surface area (Å²) >= 11 is 1.72. The Labute approximate surface area is 169 Å². The number of ether oxygens (including phenoxy) is 1. The van der Waals surface area contributed by atoms with E-state index in [9.17, 15) is 0 Å². The average molecular weight is 470 g/mol. The van der Waals surface area contributed by atoms with E-state index in [0.717, 1.165) is 34.1 Å². The molecule has 1 atom stereocenters. The van der Waals surface area contributed by atoms with E-state index in [2.05, 4.69) is 34.3 Å². The summed E-state index contributed by atoms with van der Waals surface area (Å²) in [6.45, 7) is 3.35. The highest BCUT2D eigenvalue weighted by Gasteiger charge is 2.21. The second-order valence-corrected chi connectivity index (χ2v) is 6.79. The predicted octanol–water partition coefficient (Wildman–Crippen LogP) is 3.74. The first kappa shape index (κ1) is 19.8. The highest BCUT2D eigenvalue weighted by atomic mass is 127. The predicted molar refractivity (Wildman–Crippen MR) is 114 cm³/mol. The molecule has 2 aromatic rings. The molecular formula is C18H23IN4OS. The van der Waals surface area contributed by atoms with Crippen molar-refractivity contribution in [1.82, 2.24) is 10.3 Å². The van der Waals surface area contributed by atoms with E-state index in [1.807, 2.05) is 30.5 Å². The fourth-order valence-corrected chi connectivity index (χ4v) is 3.33. The number of nitrogens with one attached hydrogen (secondary N) is 1. The lowest BCUT2D eigenvalue weighted by molar-refractivity contribution is 0.262. The second-order valence-electron chi connectivity index (χ2n) is 5.51. The zero-order chi connectivity index (χ0) is 16.8. The van der Waals surface area contributed by atoms with Gasteiger partial charge in [-0.05, 0) is 29.5 Å². The summed E-state index contributed by atoms with van der Waals surface area (Å²) in [4.78, 5) is 8.80. The van der Waals surface area contributed by atoms with Gasteiger partial charge in [0.25, 0.3) is 0 Å². The molecule has 0 saturated carbocycles. The Bertz CT molecular complexity index is 726. The molecule has 1 aliphatic heterocycles. The van der Waals surface area contributed by atoms with E-state index in [-0.39, 0.29) is 30.0 Å². The van der Waals surface area contributed by atoms with Gasteiger partial charge in [0.05, 0.1) is 24.2 Å². The molecule has 0 amide bonds. The topological polar surface area (TPSA) is 72.5 Å². The molecule has 1 aliphatic rings. The molecule has 0 spiro atoms. The average Bonchev–Trinajstić information content (AvgIpc) is 2.61. The Morgan fingerprint density at radius 1 is 1.40 bits per heavy atom. The maximum Gasteiger partial charge on any atom is 0.189 e. The van der Waals surface area contributed by atoms with Crippen LogP contribution in [0.25, 0.3) is 0 Å². The molecule has 0 radical (unpaired) electrons. The SMILES string of the molecule is CCSc1cc(CN=C(N)NC2CCOc3ccccc32)ccn1.I. The minimum absolute atomic E-state index is 0. The molecule has 1 aromatic carbocycles. The van der Waals surface area contributed by atoms with Crippen LogP contribution in [-0.4, -0.2) is 23.3 Å². The van der Waals surface area contributed by atoms with Gasteiger partial charge in [-0.2, -0.15) is 0 Å². The van der Waals surface area contributed by atoms with Gasteiger partial charge in [0.15, 0.2) is 5.96 Å². The molecule has 3 rings (SSSR count). The highest BCUT2D eigenvalue weighted by molar-refractivity contribution is 14.0. The van der Waals surface area contributed by atoms with Gasteiger partial charge in [0, 0.05) is 18.2 Å². The fourth-order valence-electron chi connectivity index (χ4n) is 2.67. The smallest absolute Gasteiger partial charge is 0.189 e. The van der Waals surface area contributed by atoms with Gasteiger partial charge in [0.2, 0.25) is 0 Å². The molecule has 2 heterocycles. The van der Waals surface area contributed by atoms with Crippen LogP contribution in [0.5, 0.6) is 5.75 Å². The third-order valence-electron chi connectivity index (χ3n) is 3.80. The minimum Gasteiger partial charge on any atom is -0.493 e. The Morgan fingerprint density at radius 3 is 3.08 bits per heavy atom. The number of aromatic nitrogens is 1. The maximum absolute atomic E-state index is 6.08. The van der Waals surface area contributed by atoms with Crippen molar-refractivity contribution in [2.75, 3.05) is 12.4 Å². The van der Waals surface area contributed by atoms with Gasteiger partial charge in [-0.1, -0.05) is 25.1 Å². The summed E-state index contributed by atoms with van der Waals surface area (Å²) in [5.74, 6) is 2.38. The van der Waals surface area contributed by atoms with Crippen LogP contribution in [0.4, 0.5) is 0 Å². The largest absolute Gasteiger partial charge is 0.493 e. The number of guanidine groups is 1. The van der Waals surface area contributed by atoms with Crippen molar-refractivity contribution in [3.05, 3.63) is 53.7 Å². The Kier molecular flexibility index (Phi) is 7.83. The number of rotatable bonds is 5. The molecule has 1 aromatic heterocycles. The number of hydrogen-bond donors (Lipinski definition) is 2. The van der Waals surface area contributed by atoms with Gasteiger partial charge in [-0.25, -0.2) is 9.98 Å². The molecule has 0 saturated heterocycles. The molecule has 7 heteroatoms. The van der Waals surface area contributed by atoms with E-state index in [4.69, 9.17) is 10.5 Å². The molecular weight excluding hydrogens is 447 g/mol. The van der Waals surface area contributed by atoms with Crippen LogP contribution in [-0.2, 0) is 6.54 Å². The van der Waals surface area contributed by atoms with Crippen LogP contribution in [0.1, 0.15) is 30.5 Å². The van der Waals surface area contributed by atoms with Gasteiger partial charge in [0.1, 0.15) is 5.75 Å². The van der Waals surface area contributed by atoms with Crippen molar-refractivity contribution in [1.29, 1.82) is 0 Å². The van der Waals surface area contributed by atoms with Crippen LogP contribution in [0, 0.1) is 0 Å². The zero-order valence-corrected chi connectivity index (χ0v) is 17.3. The van der Waals surface area contributed by atoms with Crippen molar-refractivity contribution < 1.29 is 4.74 Å². The lowest BCUT2D eigenvalue weighted by Crippen LogP contribution is -2.37. The number of halogens is 1. The van der Waals surface area contributed by atoms with E-state index in [1.165, 1.54) is 0 Å². The third-order valence-corrected chi connectivity index (χ3v) is 4.61. The van der Waals surface area contributed by atoms with Crippen LogP contribution in [0.2, 0.25) is 0 Å². The van der Waals surface area contributed by atoms with E-state index in [1.54, 1.807) is 11.8 Å². The van der Waals surface area contributed by atoms with Crippen molar-refractivity contribution in [2.24, 2.45) is 10.7 Å². The molecule has 3 N–H and O–H groups in total. The molecule has 134 valence electrons. The third kappa shape index (κ3) is 5.50. The molecule has 0 bridgehead atoms. The number of benzene rings is 1. The van der Waals surface area contributed by atoms with Crippen LogP contribution < -0.4 is 15.8 Å². The molecule has 25 heavy (non-hydrogen) atoms. The van der Waals surface area contributed by atoms with Gasteiger partial charge in [-0.15, -0.1) is 35.7 Å². The molecule has 0 aliphatic carbocycles. The number of hydrogen-bond acceptors (Lipinski definition) is 4. The zero-order valence-electron chi connectivity index (χ0n) is 14.1. The number of fused-ring (bicyclic) bond motifs is 1. The fraction of sp³-hybridized carbons (Fsp3) is 0.333. The van der Waals surface area contributed by atoms with E-state index >= 15 is 0 Å².